The monoisotopic (exact) mass is 333 g/mol. The van der Waals surface area contributed by atoms with Crippen molar-refractivity contribution in [3.05, 3.63) is 42.0 Å². The quantitative estimate of drug-likeness (QED) is 0.563. The van der Waals surface area contributed by atoms with E-state index < -0.39 is 11.2 Å². The van der Waals surface area contributed by atoms with Gasteiger partial charge in [0.05, 0.1) is 6.54 Å². The third-order valence-corrected chi connectivity index (χ3v) is 4.26. The van der Waals surface area contributed by atoms with E-state index in [0.717, 1.165) is 11.8 Å². The molecule has 7 nitrogen and oxygen atoms in total. The molecule has 0 aliphatic heterocycles. The molecule has 2 heterocycles. The first kappa shape index (κ1) is 15.3. The molecule has 3 aromatic rings. The van der Waals surface area contributed by atoms with Gasteiger partial charge in [-0.05, 0) is 13.0 Å². The Hall–Kier alpha value is -2.55. The highest BCUT2D eigenvalue weighted by Gasteiger charge is 2.19. The summed E-state index contributed by atoms with van der Waals surface area (Å²) < 4.78 is 15.2. The molecular weight excluding hydrogens is 321 g/mol. The molecule has 118 valence electrons. The van der Waals surface area contributed by atoms with E-state index in [9.17, 15) is 9.18 Å². The lowest BCUT2D eigenvalue weighted by Gasteiger charge is -2.05. The Kier molecular flexibility index (Phi) is 4.20. The highest BCUT2D eigenvalue weighted by atomic mass is 32.2. The highest BCUT2D eigenvalue weighted by molar-refractivity contribution is 8.00. The summed E-state index contributed by atoms with van der Waals surface area (Å²) in [6.45, 7) is 1.74. The van der Waals surface area contributed by atoms with Gasteiger partial charge in [0.2, 0.25) is 0 Å². The number of aliphatic carboxylic acids is 1. The van der Waals surface area contributed by atoms with Crippen molar-refractivity contribution in [1.29, 1.82) is 0 Å². The van der Waals surface area contributed by atoms with E-state index in [1.807, 2.05) is 0 Å². The zero-order chi connectivity index (χ0) is 16.4. The van der Waals surface area contributed by atoms with Crippen LogP contribution in [0.1, 0.15) is 12.5 Å². The number of hydrogen-bond acceptors (Lipinski definition) is 6. The fourth-order valence-corrected chi connectivity index (χ4v) is 2.76. The molecule has 9 heteroatoms. The van der Waals surface area contributed by atoms with Gasteiger partial charge in [0.15, 0.2) is 11.2 Å². The Labute approximate surface area is 134 Å². The maximum absolute atomic E-state index is 13.8. The van der Waals surface area contributed by atoms with E-state index in [1.54, 1.807) is 25.1 Å². The Morgan fingerprint density at radius 1 is 1.39 bits per heavy atom. The summed E-state index contributed by atoms with van der Waals surface area (Å²) in [4.78, 5) is 19.2. The smallest absolute Gasteiger partial charge is 0.316 e. The molecule has 0 unspecified atom stereocenters. The summed E-state index contributed by atoms with van der Waals surface area (Å²) in [7, 11) is 0. The number of carbonyl (C=O) groups is 1. The number of benzene rings is 1. The van der Waals surface area contributed by atoms with Crippen LogP contribution in [0.2, 0.25) is 0 Å². The van der Waals surface area contributed by atoms with Crippen LogP contribution in [0.3, 0.4) is 0 Å². The van der Waals surface area contributed by atoms with Crippen LogP contribution in [0.25, 0.3) is 11.2 Å². The van der Waals surface area contributed by atoms with Gasteiger partial charge < -0.3 is 5.11 Å². The van der Waals surface area contributed by atoms with Crippen LogP contribution >= 0.6 is 11.8 Å². The Bertz CT molecular complexity index is 869. The van der Waals surface area contributed by atoms with Crippen LogP contribution < -0.4 is 0 Å². The fraction of sp³-hybridized carbons (Fsp3) is 0.214. The average Bonchev–Trinajstić information content (AvgIpc) is 2.94. The number of hydrogen-bond donors (Lipinski definition) is 1. The van der Waals surface area contributed by atoms with Gasteiger partial charge in [0.1, 0.15) is 22.4 Å². The number of halogens is 1. The molecule has 0 aliphatic rings. The van der Waals surface area contributed by atoms with Gasteiger partial charge in [-0.15, -0.1) is 5.10 Å². The molecule has 1 N–H and O–H groups in total. The van der Waals surface area contributed by atoms with Gasteiger partial charge in [-0.2, -0.15) is 0 Å². The number of rotatable bonds is 5. The van der Waals surface area contributed by atoms with Crippen molar-refractivity contribution in [1.82, 2.24) is 25.0 Å². The average molecular weight is 333 g/mol. The minimum absolute atomic E-state index is 0.179. The van der Waals surface area contributed by atoms with Gasteiger partial charge in [0.25, 0.3) is 0 Å². The molecule has 1 atom stereocenters. The zero-order valence-electron chi connectivity index (χ0n) is 12.0. The summed E-state index contributed by atoms with van der Waals surface area (Å²) in [5, 5.41) is 16.7. The maximum Gasteiger partial charge on any atom is 0.316 e. The first-order chi connectivity index (χ1) is 11.1. The summed E-state index contributed by atoms with van der Waals surface area (Å²) in [5.41, 5.74) is 1.30. The minimum atomic E-state index is -0.944. The van der Waals surface area contributed by atoms with E-state index in [0.29, 0.717) is 21.8 Å². The van der Waals surface area contributed by atoms with E-state index in [1.165, 1.54) is 17.1 Å². The van der Waals surface area contributed by atoms with Crippen LogP contribution in [0.4, 0.5) is 4.39 Å². The zero-order valence-corrected chi connectivity index (χ0v) is 12.9. The number of thioether (sulfide) groups is 1. The Morgan fingerprint density at radius 3 is 2.91 bits per heavy atom. The van der Waals surface area contributed by atoms with Crippen molar-refractivity contribution >= 4 is 28.9 Å². The summed E-state index contributed by atoms with van der Waals surface area (Å²) >= 11 is 1.06. The molecular formula is C14H12FN5O2S. The SMILES string of the molecule is C[C@@H](Sc1ncnc2c1nnn2Cc1ccccc1F)C(=O)O. The van der Waals surface area contributed by atoms with E-state index in [2.05, 4.69) is 20.3 Å². The largest absolute Gasteiger partial charge is 0.480 e. The van der Waals surface area contributed by atoms with Crippen molar-refractivity contribution in [3.63, 3.8) is 0 Å². The first-order valence-electron chi connectivity index (χ1n) is 6.73. The van der Waals surface area contributed by atoms with Gasteiger partial charge >= 0.3 is 5.97 Å². The molecule has 0 aliphatic carbocycles. The predicted molar refractivity (Wildman–Crippen MR) is 81.6 cm³/mol. The molecule has 3 rings (SSSR count). The van der Waals surface area contributed by atoms with Gasteiger partial charge in [-0.25, -0.2) is 19.0 Å². The van der Waals surface area contributed by atoms with Crippen molar-refractivity contribution in [2.45, 2.75) is 23.7 Å². The predicted octanol–water partition coefficient (Wildman–Crippen LogP) is 1.97. The lowest BCUT2D eigenvalue weighted by molar-refractivity contribution is -0.136. The second-order valence-electron chi connectivity index (χ2n) is 4.79. The van der Waals surface area contributed by atoms with E-state index in [-0.39, 0.29) is 12.4 Å². The fourth-order valence-electron chi connectivity index (χ4n) is 1.97. The molecule has 0 saturated heterocycles. The van der Waals surface area contributed by atoms with Gasteiger partial charge in [-0.3, -0.25) is 4.79 Å². The molecule has 0 saturated carbocycles. The number of carboxylic acid groups (broad SMARTS) is 1. The molecule has 23 heavy (non-hydrogen) atoms. The van der Waals surface area contributed by atoms with Crippen molar-refractivity contribution in [2.75, 3.05) is 0 Å². The van der Waals surface area contributed by atoms with Crippen LogP contribution in [0.15, 0.2) is 35.6 Å². The third-order valence-electron chi connectivity index (χ3n) is 3.18. The van der Waals surface area contributed by atoms with Crippen molar-refractivity contribution in [2.24, 2.45) is 0 Å². The van der Waals surface area contributed by atoms with Crippen LogP contribution in [-0.4, -0.2) is 41.3 Å². The third kappa shape index (κ3) is 3.14. The highest BCUT2D eigenvalue weighted by Crippen LogP contribution is 2.26. The Balaban J connectivity index is 1.95. The van der Waals surface area contributed by atoms with Gasteiger partial charge in [-0.1, -0.05) is 35.2 Å². The topological polar surface area (TPSA) is 93.8 Å². The minimum Gasteiger partial charge on any atom is -0.480 e. The number of carboxylic acids is 1. The maximum atomic E-state index is 13.8. The summed E-state index contributed by atoms with van der Waals surface area (Å²) in [6, 6.07) is 6.39. The van der Waals surface area contributed by atoms with Crippen LogP contribution in [0, 0.1) is 5.82 Å². The first-order valence-corrected chi connectivity index (χ1v) is 7.61. The van der Waals surface area contributed by atoms with Gasteiger partial charge in [0, 0.05) is 5.56 Å². The lowest BCUT2D eigenvalue weighted by atomic mass is 10.2. The van der Waals surface area contributed by atoms with Crippen molar-refractivity contribution in [3.8, 4) is 0 Å². The molecule has 0 spiro atoms. The molecule has 0 bridgehead atoms. The molecule has 0 fully saturated rings. The van der Waals surface area contributed by atoms with Crippen molar-refractivity contribution < 1.29 is 14.3 Å². The number of fused-ring (bicyclic) bond motifs is 1. The number of aromatic nitrogens is 5. The summed E-state index contributed by atoms with van der Waals surface area (Å²) in [6.07, 6.45) is 1.32. The van der Waals surface area contributed by atoms with Crippen LogP contribution in [0.5, 0.6) is 0 Å². The molecule has 0 radical (unpaired) electrons. The molecule has 1 aromatic carbocycles. The number of nitrogens with zero attached hydrogens (tertiary/aromatic N) is 5. The second kappa shape index (κ2) is 6.29. The molecule has 2 aromatic heterocycles. The van der Waals surface area contributed by atoms with Crippen LogP contribution in [-0.2, 0) is 11.3 Å². The standard InChI is InChI=1S/C14H12FN5O2S/c1-8(14(21)22)23-13-11-12(16-7-17-13)20(19-18-11)6-9-4-2-3-5-10(9)15/h2-5,7-8H,6H2,1H3,(H,21,22)/t8-/m1/s1. The summed E-state index contributed by atoms with van der Waals surface area (Å²) in [5.74, 6) is -1.28. The Morgan fingerprint density at radius 2 is 2.17 bits per heavy atom. The normalized spacial score (nSPS) is 12.4. The molecule has 0 amide bonds. The van der Waals surface area contributed by atoms with E-state index in [4.69, 9.17) is 5.11 Å². The second-order valence-corrected chi connectivity index (χ2v) is 6.12. The van der Waals surface area contributed by atoms with E-state index >= 15 is 0 Å². The lowest BCUT2D eigenvalue weighted by Crippen LogP contribution is -2.11.